The molecule has 3 rings (SSSR count). The van der Waals surface area contributed by atoms with E-state index in [0.29, 0.717) is 36.8 Å². The molecule has 8 heteroatoms. The molecular formula is C19H20ClN5O2. The van der Waals surface area contributed by atoms with Crippen molar-refractivity contribution in [3.8, 4) is 5.88 Å². The smallest absolute Gasteiger partial charge is 0.251 e. The molecule has 0 unspecified atom stereocenters. The molecule has 1 aromatic carbocycles. The summed E-state index contributed by atoms with van der Waals surface area (Å²) in [6.45, 7) is 1.05. The third-order valence-corrected chi connectivity index (χ3v) is 3.66. The van der Waals surface area contributed by atoms with Crippen LogP contribution in [0, 0.1) is 0 Å². The average molecular weight is 386 g/mol. The first-order valence-corrected chi connectivity index (χ1v) is 8.14. The molecule has 0 spiro atoms. The van der Waals surface area contributed by atoms with Crippen molar-refractivity contribution < 1.29 is 9.53 Å². The van der Waals surface area contributed by atoms with Gasteiger partial charge in [-0.05, 0) is 29.3 Å². The van der Waals surface area contributed by atoms with Crippen LogP contribution in [0.25, 0.3) is 0 Å². The van der Waals surface area contributed by atoms with Crippen LogP contribution in [0.4, 0.5) is 0 Å². The molecule has 0 bridgehead atoms. The number of halogens is 1. The molecule has 3 aromatic rings. The molecule has 0 fully saturated rings. The molecule has 0 saturated carbocycles. The van der Waals surface area contributed by atoms with Crippen LogP contribution in [-0.4, -0.2) is 20.9 Å². The number of nitrogens with two attached hydrogens (primary N) is 1. The molecular weight excluding hydrogens is 366 g/mol. The number of nitrogens with zero attached hydrogens (tertiary/aromatic N) is 3. The summed E-state index contributed by atoms with van der Waals surface area (Å²) in [6.07, 6.45) is 4.84. The first kappa shape index (κ1) is 20.3. The normalized spacial score (nSPS) is 9.96. The quantitative estimate of drug-likeness (QED) is 0.646. The van der Waals surface area contributed by atoms with Crippen LogP contribution in [0.2, 0.25) is 0 Å². The minimum atomic E-state index is -0.150. The van der Waals surface area contributed by atoms with Gasteiger partial charge in [0.1, 0.15) is 12.9 Å². The number of nitrogens with one attached hydrogen (secondary N) is 1. The third-order valence-electron chi connectivity index (χ3n) is 3.66. The van der Waals surface area contributed by atoms with Gasteiger partial charge in [-0.25, -0.2) is 9.97 Å². The molecule has 2 aromatic heterocycles. The van der Waals surface area contributed by atoms with Gasteiger partial charge in [0.2, 0.25) is 5.88 Å². The van der Waals surface area contributed by atoms with Gasteiger partial charge in [-0.15, -0.1) is 12.4 Å². The van der Waals surface area contributed by atoms with Crippen molar-refractivity contribution in [2.24, 2.45) is 5.73 Å². The van der Waals surface area contributed by atoms with Crippen LogP contribution in [0.5, 0.6) is 5.88 Å². The van der Waals surface area contributed by atoms with Gasteiger partial charge >= 0.3 is 0 Å². The topological polar surface area (TPSA) is 103 Å². The number of pyridine rings is 1. The zero-order valence-electron chi connectivity index (χ0n) is 14.5. The fraction of sp³-hybridized carbons (Fsp3) is 0.158. The maximum Gasteiger partial charge on any atom is 0.251 e. The SMILES string of the molecule is Cl.NCc1cc(OCc2cccc(C(=O)NCc3cccnc3)c2)ncn1. The Balaban J connectivity index is 0.00000261. The monoisotopic (exact) mass is 385 g/mol. The Morgan fingerprint density at radius 1 is 1.11 bits per heavy atom. The lowest BCUT2D eigenvalue weighted by Gasteiger charge is -2.08. The lowest BCUT2D eigenvalue weighted by Crippen LogP contribution is -2.23. The van der Waals surface area contributed by atoms with Crippen LogP contribution in [0.3, 0.4) is 0 Å². The standard InChI is InChI=1S/C19H19N5O2.ClH/c20-9-17-8-18(24-13-23-17)26-12-14-3-1-5-16(7-14)19(25)22-11-15-4-2-6-21-10-15;/h1-8,10,13H,9,11-12,20H2,(H,22,25);1H. The van der Waals surface area contributed by atoms with Gasteiger partial charge < -0.3 is 15.8 Å². The Morgan fingerprint density at radius 2 is 1.96 bits per heavy atom. The highest BCUT2D eigenvalue weighted by atomic mass is 35.5. The minimum absolute atomic E-state index is 0. The summed E-state index contributed by atoms with van der Waals surface area (Å²) in [4.78, 5) is 24.4. The Morgan fingerprint density at radius 3 is 2.74 bits per heavy atom. The predicted molar refractivity (Wildman–Crippen MR) is 103 cm³/mol. The number of amides is 1. The Hall–Kier alpha value is -3.03. The summed E-state index contributed by atoms with van der Waals surface area (Å²) in [5, 5.41) is 2.88. The molecule has 0 aliphatic rings. The second-order valence-electron chi connectivity index (χ2n) is 5.58. The number of rotatable bonds is 7. The van der Waals surface area contributed by atoms with E-state index in [2.05, 4.69) is 20.3 Å². The number of benzene rings is 1. The van der Waals surface area contributed by atoms with Gasteiger partial charge in [-0.1, -0.05) is 18.2 Å². The largest absolute Gasteiger partial charge is 0.473 e. The van der Waals surface area contributed by atoms with E-state index in [1.165, 1.54) is 6.33 Å². The van der Waals surface area contributed by atoms with E-state index in [0.717, 1.165) is 11.1 Å². The van der Waals surface area contributed by atoms with Crippen molar-refractivity contribution >= 4 is 18.3 Å². The van der Waals surface area contributed by atoms with Crippen molar-refractivity contribution in [3.05, 3.63) is 83.6 Å². The highest BCUT2D eigenvalue weighted by molar-refractivity contribution is 5.94. The fourth-order valence-electron chi connectivity index (χ4n) is 2.31. The summed E-state index contributed by atoms with van der Waals surface area (Å²) in [7, 11) is 0. The summed E-state index contributed by atoms with van der Waals surface area (Å²) < 4.78 is 5.65. The van der Waals surface area contributed by atoms with E-state index in [1.807, 2.05) is 24.3 Å². The van der Waals surface area contributed by atoms with Gasteiger partial charge in [0.05, 0.1) is 5.69 Å². The molecule has 0 saturated heterocycles. The number of hydrogen-bond donors (Lipinski definition) is 2. The average Bonchev–Trinajstić information content (AvgIpc) is 2.71. The van der Waals surface area contributed by atoms with E-state index >= 15 is 0 Å². The predicted octanol–water partition coefficient (Wildman–Crippen LogP) is 2.26. The van der Waals surface area contributed by atoms with Crippen LogP contribution < -0.4 is 15.8 Å². The van der Waals surface area contributed by atoms with Crippen LogP contribution in [0.15, 0.2) is 61.2 Å². The molecule has 0 aliphatic heterocycles. The van der Waals surface area contributed by atoms with Crippen LogP contribution >= 0.6 is 12.4 Å². The number of hydrogen-bond acceptors (Lipinski definition) is 6. The molecule has 0 aliphatic carbocycles. The van der Waals surface area contributed by atoms with Gasteiger partial charge in [-0.2, -0.15) is 0 Å². The highest BCUT2D eigenvalue weighted by Crippen LogP contribution is 2.11. The van der Waals surface area contributed by atoms with Crippen LogP contribution in [-0.2, 0) is 19.7 Å². The fourth-order valence-corrected chi connectivity index (χ4v) is 2.31. The van der Waals surface area contributed by atoms with E-state index < -0.39 is 0 Å². The summed E-state index contributed by atoms with van der Waals surface area (Å²) in [6, 6.07) is 12.7. The second-order valence-corrected chi connectivity index (χ2v) is 5.58. The molecule has 0 atom stereocenters. The number of carbonyl (C=O) groups is 1. The Bertz CT molecular complexity index is 877. The Labute approximate surface area is 163 Å². The lowest BCUT2D eigenvalue weighted by molar-refractivity contribution is 0.0950. The molecule has 3 N–H and O–H groups in total. The van der Waals surface area contributed by atoms with E-state index in [1.54, 1.807) is 30.6 Å². The molecule has 7 nitrogen and oxygen atoms in total. The maximum atomic E-state index is 12.3. The lowest BCUT2D eigenvalue weighted by atomic mass is 10.1. The zero-order chi connectivity index (χ0) is 18.2. The number of ether oxygens (including phenoxy) is 1. The van der Waals surface area contributed by atoms with Crippen LogP contribution in [0.1, 0.15) is 27.2 Å². The summed E-state index contributed by atoms with van der Waals surface area (Å²) >= 11 is 0. The van der Waals surface area contributed by atoms with Crippen molar-refractivity contribution in [1.29, 1.82) is 0 Å². The van der Waals surface area contributed by atoms with Gasteiger partial charge in [0.25, 0.3) is 5.91 Å². The van der Waals surface area contributed by atoms with Crippen molar-refractivity contribution in [1.82, 2.24) is 20.3 Å². The molecule has 27 heavy (non-hydrogen) atoms. The first-order chi connectivity index (χ1) is 12.7. The van der Waals surface area contributed by atoms with E-state index in [9.17, 15) is 4.79 Å². The van der Waals surface area contributed by atoms with E-state index in [-0.39, 0.29) is 18.3 Å². The zero-order valence-corrected chi connectivity index (χ0v) is 15.4. The van der Waals surface area contributed by atoms with E-state index in [4.69, 9.17) is 10.5 Å². The first-order valence-electron chi connectivity index (χ1n) is 8.14. The summed E-state index contributed by atoms with van der Waals surface area (Å²) in [5.74, 6) is 0.301. The molecule has 1 amide bonds. The van der Waals surface area contributed by atoms with Crippen molar-refractivity contribution in [2.75, 3.05) is 0 Å². The second kappa shape index (κ2) is 10.2. The van der Waals surface area contributed by atoms with Crippen molar-refractivity contribution in [2.45, 2.75) is 19.7 Å². The molecule has 140 valence electrons. The van der Waals surface area contributed by atoms with Gasteiger partial charge in [0.15, 0.2) is 0 Å². The van der Waals surface area contributed by atoms with Gasteiger partial charge in [-0.3, -0.25) is 9.78 Å². The molecule has 0 radical (unpaired) electrons. The van der Waals surface area contributed by atoms with Gasteiger partial charge in [0, 0.05) is 37.1 Å². The third kappa shape index (κ3) is 6.02. The number of carbonyl (C=O) groups excluding carboxylic acids is 1. The minimum Gasteiger partial charge on any atom is -0.473 e. The highest BCUT2D eigenvalue weighted by Gasteiger charge is 2.07. The number of aromatic nitrogens is 3. The molecule has 2 heterocycles. The maximum absolute atomic E-state index is 12.3. The summed E-state index contributed by atoms with van der Waals surface area (Å²) in [5.41, 5.74) is 8.64. The Kier molecular flexibility index (Phi) is 7.66. The van der Waals surface area contributed by atoms with Crippen molar-refractivity contribution in [3.63, 3.8) is 0 Å².